The number of amides is 1. The molecule has 1 fully saturated rings. The highest BCUT2D eigenvalue weighted by atomic mass is 35.5. The molecule has 1 atom stereocenters. The summed E-state index contributed by atoms with van der Waals surface area (Å²) < 4.78 is 20.3. The molecule has 0 bridgehead atoms. The zero-order valence-electron chi connectivity index (χ0n) is 19.0. The number of hydrogen-bond acceptors (Lipinski definition) is 5. The molecule has 176 valence electrons. The van der Waals surface area contributed by atoms with Gasteiger partial charge < -0.3 is 19.6 Å². The molecule has 1 N–H and O–H groups in total. The fraction of sp³-hybridized carbons (Fsp3) is 0.360. The maximum atomic E-state index is 14.8. The largest absolute Gasteiger partial charge is 0.507 e. The molecule has 3 rings (SSSR count). The first-order chi connectivity index (χ1) is 15.8. The number of aliphatic hydroxyl groups excluding tert-OH is 1. The van der Waals surface area contributed by atoms with E-state index >= 15 is 0 Å². The molecule has 1 saturated heterocycles. The second-order valence-electron chi connectivity index (χ2n) is 7.62. The molecule has 2 aromatic rings. The fourth-order valence-corrected chi connectivity index (χ4v) is 4.23. The molecule has 33 heavy (non-hydrogen) atoms. The Hall–Kier alpha value is -2.90. The number of aliphatic hydroxyl groups is 1. The molecule has 1 aliphatic heterocycles. The van der Waals surface area contributed by atoms with Crippen LogP contribution in [0.5, 0.6) is 5.75 Å². The molecule has 1 amide bonds. The number of halogens is 2. The quantitative estimate of drug-likeness (QED) is 0.325. The Kier molecular flexibility index (Phi) is 8.10. The van der Waals surface area contributed by atoms with Crippen LogP contribution in [0.25, 0.3) is 5.76 Å². The summed E-state index contributed by atoms with van der Waals surface area (Å²) in [4.78, 5) is 29.5. The lowest BCUT2D eigenvalue weighted by molar-refractivity contribution is -0.140. The Labute approximate surface area is 198 Å². The van der Waals surface area contributed by atoms with E-state index in [0.29, 0.717) is 18.9 Å². The molecule has 2 aromatic carbocycles. The predicted octanol–water partition coefficient (Wildman–Crippen LogP) is 4.64. The van der Waals surface area contributed by atoms with E-state index in [9.17, 15) is 19.1 Å². The molecular weight excluding hydrogens is 447 g/mol. The van der Waals surface area contributed by atoms with Crippen molar-refractivity contribution >= 4 is 29.1 Å². The highest BCUT2D eigenvalue weighted by Crippen LogP contribution is 2.41. The second-order valence-corrected chi connectivity index (χ2v) is 8.03. The van der Waals surface area contributed by atoms with Crippen LogP contribution in [0.4, 0.5) is 4.39 Å². The highest BCUT2D eigenvalue weighted by Gasteiger charge is 2.46. The average molecular weight is 475 g/mol. The van der Waals surface area contributed by atoms with E-state index in [0.717, 1.165) is 13.1 Å². The van der Waals surface area contributed by atoms with Gasteiger partial charge in [0.25, 0.3) is 11.7 Å². The van der Waals surface area contributed by atoms with Crippen molar-refractivity contribution in [3.8, 4) is 5.75 Å². The summed E-state index contributed by atoms with van der Waals surface area (Å²) >= 11 is 6.26. The van der Waals surface area contributed by atoms with Gasteiger partial charge in [-0.3, -0.25) is 9.59 Å². The molecule has 0 aliphatic carbocycles. The highest BCUT2D eigenvalue weighted by molar-refractivity contribution is 6.46. The third-order valence-electron chi connectivity index (χ3n) is 5.80. The summed E-state index contributed by atoms with van der Waals surface area (Å²) in [6.45, 7) is 8.51. The minimum Gasteiger partial charge on any atom is -0.507 e. The summed E-state index contributed by atoms with van der Waals surface area (Å²) in [5, 5.41) is 11.4. The molecule has 0 saturated carbocycles. The number of hydrogen-bond donors (Lipinski definition) is 1. The molecule has 1 aliphatic rings. The van der Waals surface area contributed by atoms with Crippen molar-refractivity contribution in [1.82, 2.24) is 9.80 Å². The Morgan fingerprint density at radius 1 is 1.15 bits per heavy atom. The van der Waals surface area contributed by atoms with Gasteiger partial charge in [0.05, 0.1) is 23.2 Å². The molecule has 1 unspecified atom stereocenters. The predicted molar refractivity (Wildman–Crippen MR) is 126 cm³/mol. The number of carbonyl (C=O) groups excluding carboxylic acids is 2. The van der Waals surface area contributed by atoms with Crippen molar-refractivity contribution in [2.24, 2.45) is 0 Å². The Balaban J connectivity index is 2.11. The molecule has 8 heteroatoms. The van der Waals surface area contributed by atoms with E-state index in [1.165, 1.54) is 29.2 Å². The molecule has 1 heterocycles. The van der Waals surface area contributed by atoms with Crippen LogP contribution in [-0.4, -0.2) is 59.4 Å². The summed E-state index contributed by atoms with van der Waals surface area (Å²) in [5.74, 6) is -2.16. The Bertz CT molecular complexity index is 1070. The Morgan fingerprint density at radius 3 is 2.45 bits per heavy atom. The maximum absolute atomic E-state index is 14.8. The van der Waals surface area contributed by atoms with E-state index in [1.807, 2.05) is 20.8 Å². The van der Waals surface area contributed by atoms with Gasteiger partial charge in [-0.2, -0.15) is 0 Å². The molecular formula is C25H28ClFN2O4. The van der Waals surface area contributed by atoms with Crippen LogP contribution in [0.1, 0.15) is 37.9 Å². The summed E-state index contributed by atoms with van der Waals surface area (Å²) in [6, 6.07) is 9.51. The molecule has 0 aromatic heterocycles. The number of likely N-dealkylation sites (tertiary alicyclic amines) is 1. The fourth-order valence-electron chi connectivity index (χ4n) is 4.00. The SMILES string of the molecule is CCOc1ccc(/C(O)=C2\C(=O)C(=O)N(CCN(CC)CC)C2c2ccccc2F)cc1Cl. The van der Waals surface area contributed by atoms with Crippen LogP contribution in [-0.2, 0) is 9.59 Å². The molecule has 0 radical (unpaired) electrons. The average Bonchev–Trinajstić information content (AvgIpc) is 3.06. The van der Waals surface area contributed by atoms with Crippen molar-refractivity contribution in [3.05, 3.63) is 70.0 Å². The lowest BCUT2D eigenvalue weighted by Gasteiger charge is -2.28. The van der Waals surface area contributed by atoms with Gasteiger partial charge in [0.15, 0.2) is 0 Å². The van der Waals surface area contributed by atoms with Gasteiger partial charge in [0.1, 0.15) is 17.3 Å². The number of ether oxygens (including phenoxy) is 1. The number of rotatable bonds is 9. The van der Waals surface area contributed by atoms with Gasteiger partial charge in [-0.25, -0.2) is 4.39 Å². The molecule has 6 nitrogen and oxygen atoms in total. The number of Topliss-reactive ketones (excluding diaryl/α,β-unsaturated/α-hetero) is 1. The first-order valence-electron chi connectivity index (χ1n) is 11.0. The van der Waals surface area contributed by atoms with Crippen molar-refractivity contribution in [3.63, 3.8) is 0 Å². The van der Waals surface area contributed by atoms with E-state index in [1.54, 1.807) is 18.2 Å². The third-order valence-corrected chi connectivity index (χ3v) is 6.09. The van der Waals surface area contributed by atoms with Crippen LogP contribution in [0.2, 0.25) is 5.02 Å². The van der Waals surface area contributed by atoms with Crippen molar-refractivity contribution < 1.29 is 23.8 Å². The summed E-state index contributed by atoms with van der Waals surface area (Å²) in [6.07, 6.45) is 0. The van der Waals surface area contributed by atoms with Gasteiger partial charge in [0, 0.05) is 24.2 Å². The van der Waals surface area contributed by atoms with E-state index in [4.69, 9.17) is 16.3 Å². The normalized spacial score (nSPS) is 17.8. The van der Waals surface area contributed by atoms with Crippen LogP contribution in [0.3, 0.4) is 0 Å². The van der Waals surface area contributed by atoms with Gasteiger partial charge in [-0.1, -0.05) is 43.6 Å². The van der Waals surface area contributed by atoms with Crippen LogP contribution in [0.15, 0.2) is 48.0 Å². The lowest BCUT2D eigenvalue weighted by atomic mass is 9.95. The van der Waals surface area contributed by atoms with Crippen LogP contribution < -0.4 is 4.74 Å². The van der Waals surface area contributed by atoms with Crippen LogP contribution >= 0.6 is 11.6 Å². The van der Waals surface area contributed by atoms with E-state index < -0.39 is 29.3 Å². The zero-order valence-corrected chi connectivity index (χ0v) is 19.7. The van der Waals surface area contributed by atoms with Gasteiger partial charge >= 0.3 is 0 Å². The van der Waals surface area contributed by atoms with Crippen molar-refractivity contribution in [1.29, 1.82) is 0 Å². The third kappa shape index (κ3) is 5.04. The zero-order chi connectivity index (χ0) is 24.1. The smallest absolute Gasteiger partial charge is 0.295 e. The number of benzene rings is 2. The van der Waals surface area contributed by atoms with E-state index in [2.05, 4.69) is 4.90 Å². The van der Waals surface area contributed by atoms with Crippen LogP contribution in [0, 0.1) is 5.82 Å². The lowest BCUT2D eigenvalue weighted by Crippen LogP contribution is -2.38. The van der Waals surface area contributed by atoms with Crippen molar-refractivity contribution in [2.45, 2.75) is 26.8 Å². The summed E-state index contributed by atoms with van der Waals surface area (Å²) in [5.41, 5.74) is 0.228. The standard InChI is InChI=1S/C25H28ClFN2O4/c1-4-28(5-2)13-14-29-22(17-9-7-8-10-19(17)27)21(24(31)25(29)32)23(30)16-11-12-20(33-6-3)18(26)15-16/h7-12,15,22,30H,4-6,13-14H2,1-3H3/b23-21+. The summed E-state index contributed by atoms with van der Waals surface area (Å²) in [7, 11) is 0. The Morgan fingerprint density at radius 2 is 1.85 bits per heavy atom. The maximum Gasteiger partial charge on any atom is 0.295 e. The monoisotopic (exact) mass is 474 g/mol. The second kappa shape index (κ2) is 10.8. The number of likely N-dealkylation sites (N-methyl/N-ethyl adjacent to an activating group) is 1. The first-order valence-corrected chi connectivity index (χ1v) is 11.4. The number of nitrogens with zero attached hydrogens (tertiary/aromatic N) is 2. The van der Waals surface area contributed by atoms with Gasteiger partial charge in [-0.05, 0) is 44.3 Å². The number of ketones is 1. The number of carbonyl (C=O) groups is 2. The minimum absolute atomic E-state index is 0.148. The minimum atomic E-state index is -1.05. The van der Waals surface area contributed by atoms with E-state index in [-0.39, 0.29) is 28.3 Å². The van der Waals surface area contributed by atoms with Gasteiger partial charge in [0.2, 0.25) is 0 Å². The first kappa shape index (κ1) is 24.7. The topological polar surface area (TPSA) is 70.1 Å². The van der Waals surface area contributed by atoms with Crippen molar-refractivity contribution in [2.75, 3.05) is 32.8 Å². The molecule has 0 spiro atoms. The van der Waals surface area contributed by atoms with Gasteiger partial charge in [-0.15, -0.1) is 0 Å².